The first-order valence-corrected chi connectivity index (χ1v) is 6.85. The Kier molecular flexibility index (Phi) is 4.79. The van der Waals surface area contributed by atoms with Gasteiger partial charge in [-0.05, 0) is 13.3 Å². The lowest BCUT2D eigenvalue weighted by atomic mass is 10.1. The fraction of sp³-hybridized carbons (Fsp3) is 1.00. The van der Waals surface area contributed by atoms with E-state index in [-0.39, 0.29) is 6.10 Å². The summed E-state index contributed by atoms with van der Waals surface area (Å²) in [6.07, 6.45) is 1.51. The number of ether oxygens (including phenoxy) is 2. The standard InChI is InChI=1S/C13H26N2O2/c1-4-11(2)14-5-7-15(8-6-14)12-9-17-10-13(12)16-3/h11-13H,4-10H2,1-3H3. The molecule has 0 aromatic rings. The molecule has 2 saturated heterocycles. The Balaban J connectivity index is 1.82. The molecule has 0 radical (unpaired) electrons. The van der Waals surface area contributed by atoms with E-state index in [1.807, 2.05) is 0 Å². The molecule has 3 atom stereocenters. The number of hydrogen-bond acceptors (Lipinski definition) is 4. The normalized spacial score (nSPS) is 34.1. The van der Waals surface area contributed by atoms with Gasteiger partial charge in [0.2, 0.25) is 0 Å². The highest BCUT2D eigenvalue weighted by Crippen LogP contribution is 2.18. The number of methoxy groups -OCH3 is 1. The van der Waals surface area contributed by atoms with Crippen LogP contribution in [0.25, 0.3) is 0 Å². The van der Waals surface area contributed by atoms with Crippen LogP contribution in [-0.4, -0.2) is 74.5 Å². The number of nitrogens with zero attached hydrogens (tertiary/aromatic N) is 2. The zero-order chi connectivity index (χ0) is 12.3. The van der Waals surface area contributed by atoms with Crippen molar-refractivity contribution < 1.29 is 9.47 Å². The smallest absolute Gasteiger partial charge is 0.0981 e. The van der Waals surface area contributed by atoms with Crippen molar-refractivity contribution in [3.05, 3.63) is 0 Å². The second kappa shape index (κ2) is 6.14. The first-order valence-electron chi connectivity index (χ1n) is 6.85. The van der Waals surface area contributed by atoms with Gasteiger partial charge in [0.15, 0.2) is 0 Å². The van der Waals surface area contributed by atoms with Crippen LogP contribution in [0.15, 0.2) is 0 Å². The summed E-state index contributed by atoms with van der Waals surface area (Å²) in [5.41, 5.74) is 0. The average molecular weight is 242 g/mol. The molecule has 0 aromatic heterocycles. The topological polar surface area (TPSA) is 24.9 Å². The zero-order valence-electron chi connectivity index (χ0n) is 11.4. The molecular formula is C13H26N2O2. The minimum Gasteiger partial charge on any atom is -0.377 e. The van der Waals surface area contributed by atoms with Gasteiger partial charge in [0.1, 0.15) is 0 Å². The Morgan fingerprint density at radius 3 is 2.53 bits per heavy atom. The summed E-state index contributed by atoms with van der Waals surface area (Å²) in [5.74, 6) is 0. The average Bonchev–Trinajstić information content (AvgIpc) is 2.86. The van der Waals surface area contributed by atoms with Crippen molar-refractivity contribution in [3.8, 4) is 0 Å². The molecule has 2 rings (SSSR count). The highest BCUT2D eigenvalue weighted by atomic mass is 16.5. The molecule has 0 amide bonds. The Bertz CT molecular complexity index is 229. The Morgan fingerprint density at radius 1 is 1.24 bits per heavy atom. The van der Waals surface area contributed by atoms with Crippen LogP contribution in [0.5, 0.6) is 0 Å². The van der Waals surface area contributed by atoms with Gasteiger partial charge in [-0.1, -0.05) is 6.92 Å². The molecule has 3 unspecified atom stereocenters. The monoisotopic (exact) mass is 242 g/mol. The molecule has 2 aliphatic rings. The molecule has 100 valence electrons. The predicted molar refractivity (Wildman–Crippen MR) is 68.3 cm³/mol. The van der Waals surface area contributed by atoms with Gasteiger partial charge in [-0.15, -0.1) is 0 Å². The SMILES string of the molecule is CCC(C)N1CCN(C2COCC2OC)CC1. The van der Waals surface area contributed by atoms with Crippen LogP contribution in [0.1, 0.15) is 20.3 Å². The first-order chi connectivity index (χ1) is 8.26. The van der Waals surface area contributed by atoms with E-state index in [1.54, 1.807) is 7.11 Å². The van der Waals surface area contributed by atoms with E-state index in [0.717, 1.165) is 32.3 Å². The van der Waals surface area contributed by atoms with E-state index in [0.29, 0.717) is 6.04 Å². The number of piperazine rings is 1. The van der Waals surface area contributed by atoms with Crippen molar-refractivity contribution in [3.63, 3.8) is 0 Å². The van der Waals surface area contributed by atoms with E-state index in [1.165, 1.54) is 19.5 Å². The zero-order valence-corrected chi connectivity index (χ0v) is 11.4. The van der Waals surface area contributed by atoms with E-state index in [4.69, 9.17) is 9.47 Å². The van der Waals surface area contributed by atoms with Gasteiger partial charge < -0.3 is 9.47 Å². The molecule has 0 aromatic carbocycles. The van der Waals surface area contributed by atoms with Gasteiger partial charge in [0, 0.05) is 39.3 Å². The highest BCUT2D eigenvalue weighted by molar-refractivity contribution is 4.88. The molecule has 2 fully saturated rings. The molecule has 17 heavy (non-hydrogen) atoms. The van der Waals surface area contributed by atoms with Gasteiger partial charge in [-0.2, -0.15) is 0 Å². The van der Waals surface area contributed by atoms with Crippen molar-refractivity contribution in [1.29, 1.82) is 0 Å². The molecule has 2 aliphatic heterocycles. The lowest BCUT2D eigenvalue weighted by molar-refractivity contribution is 0.0125. The minimum atomic E-state index is 0.269. The molecule has 0 N–H and O–H groups in total. The van der Waals surface area contributed by atoms with Crippen LogP contribution in [0.4, 0.5) is 0 Å². The first kappa shape index (κ1) is 13.3. The predicted octanol–water partition coefficient (Wildman–Crippen LogP) is 0.816. The summed E-state index contributed by atoms with van der Waals surface area (Å²) in [4.78, 5) is 5.13. The Morgan fingerprint density at radius 2 is 1.94 bits per heavy atom. The van der Waals surface area contributed by atoms with Gasteiger partial charge in [-0.3, -0.25) is 9.80 Å². The van der Waals surface area contributed by atoms with Crippen LogP contribution in [0.2, 0.25) is 0 Å². The van der Waals surface area contributed by atoms with E-state index in [9.17, 15) is 0 Å². The van der Waals surface area contributed by atoms with Gasteiger partial charge in [-0.25, -0.2) is 0 Å². The summed E-state index contributed by atoms with van der Waals surface area (Å²) in [6, 6.07) is 1.19. The lowest BCUT2D eigenvalue weighted by Gasteiger charge is -2.41. The summed E-state index contributed by atoms with van der Waals surface area (Å²) < 4.78 is 11.0. The lowest BCUT2D eigenvalue weighted by Crippen LogP contribution is -2.55. The Hall–Kier alpha value is -0.160. The van der Waals surface area contributed by atoms with E-state index in [2.05, 4.69) is 23.6 Å². The van der Waals surface area contributed by atoms with Crippen molar-refractivity contribution in [2.75, 3.05) is 46.5 Å². The molecular weight excluding hydrogens is 216 g/mol. The molecule has 0 bridgehead atoms. The number of hydrogen-bond donors (Lipinski definition) is 0. The third-order valence-corrected chi connectivity index (χ3v) is 4.33. The largest absolute Gasteiger partial charge is 0.377 e. The maximum absolute atomic E-state index is 5.53. The van der Waals surface area contributed by atoms with Gasteiger partial charge >= 0.3 is 0 Å². The van der Waals surface area contributed by atoms with Crippen LogP contribution in [-0.2, 0) is 9.47 Å². The molecule has 4 heteroatoms. The van der Waals surface area contributed by atoms with Crippen molar-refractivity contribution in [1.82, 2.24) is 9.80 Å². The fourth-order valence-corrected chi connectivity index (χ4v) is 2.86. The second-order valence-corrected chi connectivity index (χ2v) is 5.21. The van der Waals surface area contributed by atoms with Crippen LogP contribution < -0.4 is 0 Å². The molecule has 0 spiro atoms. The van der Waals surface area contributed by atoms with E-state index < -0.39 is 0 Å². The molecule has 2 heterocycles. The summed E-state index contributed by atoms with van der Waals surface area (Å²) >= 11 is 0. The summed E-state index contributed by atoms with van der Waals surface area (Å²) in [7, 11) is 1.79. The van der Waals surface area contributed by atoms with Gasteiger partial charge in [0.25, 0.3) is 0 Å². The van der Waals surface area contributed by atoms with Crippen LogP contribution in [0, 0.1) is 0 Å². The van der Waals surface area contributed by atoms with Crippen molar-refractivity contribution >= 4 is 0 Å². The fourth-order valence-electron chi connectivity index (χ4n) is 2.86. The quantitative estimate of drug-likeness (QED) is 0.728. The highest BCUT2D eigenvalue weighted by Gasteiger charge is 2.35. The van der Waals surface area contributed by atoms with Gasteiger partial charge in [0.05, 0.1) is 25.4 Å². The summed E-state index contributed by atoms with van der Waals surface area (Å²) in [6.45, 7) is 10.9. The van der Waals surface area contributed by atoms with Crippen molar-refractivity contribution in [2.24, 2.45) is 0 Å². The van der Waals surface area contributed by atoms with Crippen LogP contribution in [0.3, 0.4) is 0 Å². The summed E-state index contributed by atoms with van der Waals surface area (Å²) in [5, 5.41) is 0. The second-order valence-electron chi connectivity index (χ2n) is 5.21. The third-order valence-electron chi connectivity index (χ3n) is 4.33. The minimum absolute atomic E-state index is 0.269. The maximum Gasteiger partial charge on any atom is 0.0981 e. The third kappa shape index (κ3) is 2.99. The van der Waals surface area contributed by atoms with Crippen molar-refractivity contribution in [2.45, 2.75) is 38.5 Å². The molecule has 4 nitrogen and oxygen atoms in total. The Labute approximate surface area is 105 Å². The van der Waals surface area contributed by atoms with Crippen LogP contribution >= 0.6 is 0 Å². The number of rotatable bonds is 4. The molecule has 0 aliphatic carbocycles. The maximum atomic E-state index is 5.53. The van der Waals surface area contributed by atoms with E-state index >= 15 is 0 Å². The molecule has 0 saturated carbocycles.